The molecule has 6 nitrogen and oxygen atoms in total. The van der Waals surface area contributed by atoms with E-state index in [1.807, 2.05) is 0 Å². The number of benzene rings is 1. The molecule has 21 heavy (non-hydrogen) atoms. The van der Waals surface area contributed by atoms with Gasteiger partial charge in [-0.3, -0.25) is 19.8 Å². The number of likely N-dealkylation sites (N-methyl/N-ethyl adjacent to an activating group) is 1. The Hall–Kier alpha value is -1.95. The van der Waals surface area contributed by atoms with Crippen molar-refractivity contribution in [2.45, 2.75) is 26.3 Å². The summed E-state index contributed by atoms with van der Waals surface area (Å²) in [5.74, 6) is -0.148. The lowest BCUT2D eigenvalue weighted by Gasteiger charge is -2.46. The number of rotatable bonds is 3. The zero-order valence-corrected chi connectivity index (χ0v) is 12.9. The van der Waals surface area contributed by atoms with Crippen LogP contribution < -0.4 is 4.90 Å². The molecule has 0 unspecified atom stereocenters. The van der Waals surface area contributed by atoms with Crippen LogP contribution in [0.4, 0.5) is 11.4 Å². The number of non-ortho nitro benzene ring substituents is 1. The number of nitro groups is 1. The number of carbonyl (C=O) groups is 1. The van der Waals surface area contributed by atoms with Crippen molar-refractivity contribution in [2.24, 2.45) is 0 Å². The first-order valence-electron chi connectivity index (χ1n) is 6.98. The molecular formula is C15H21N3O3. The van der Waals surface area contributed by atoms with E-state index in [9.17, 15) is 14.9 Å². The second kappa shape index (κ2) is 5.44. The molecule has 0 bridgehead atoms. The van der Waals surface area contributed by atoms with Gasteiger partial charge in [-0.2, -0.15) is 0 Å². The maximum absolute atomic E-state index is 11.8. The highest BCUT2D eigenvalue weighted by atomic mass is 16.6. The number of carbonyl (C=O) groups excluding carboxylic acids is 1. The number of piperazine rings is 1. The van der Waals surface area contributed by atoms with Crippen LogP contribution in [0.2, 0.25) is 0 Å². The van der Waals surface area contributed by atoms with Crippen LogP contribution in [-0.4, -0.2) is 47.8 Å². The average molecular weight is 291 g/mol. The van der Waals surface area contributed by atoms with Gasteiger partial charge in [0.15, 0.2) is 5.78 Å². The molecule has 0 saturated carbocycles. The summed E-state index contributed by atoms with van der Waals surface area (Å²) < 4.78 is 0. The highest BCUT2D eigenvalue weighted by Crippen LogP contribution is 2.30. The zero-order valence-electron chi connectivity index (χ0n) is 12.9. The molecular weight excluding hydrogens is 270 g/mol. The SMILES string of the molecule is CC(=O)c1cc([N+](=O)[O-])ccc1N1CCN(C)C(C)(C)C1. The van der Waals surface area contributed by atoms with E-state index in [0.29, 0.717) is 5.56 Å². The molecule has 6 heteroatoms. The number of hydrogen-bond acceptors (Lipinski definition) is 5. The molecule has 0 amide bonds. The second-order valence-electron chi connectivity index (χ2n) is 6.17. The normalized spacial score (nSPS) is 18.6. The van der Waals surface area contributed by atoms with Gasteiger partial charge in [0.05, 0.1) is 4.92 Å². The Labute approximate surface area is 124 Å². The molecule has 1 fully saturated rings. The van der Waals surface area contributed by atoms with Crippen molar-refractivity contribution < 1.29 is 9.72 Å². The Balaban J connectivity index is 2.40. The predicted molar refractivity (Wildman–Crippen MR) is 82.0 cm³/mol. The Morgan fingerprint density at radius 2 is 2.00 bits per heavy atom. The average Bonchev–Trinajstić information content (AvgIpc) is 2.41. The van der Waals surface area contributed by atoms with Gasteiger partial charge in [-0.25, -0.2) is 0 Å². The van der Waals surface area contributed by atoms with Crippen molar-refractivity contribution in [3.8, 4) is 0 Å². The minimum atomic E-state index is -0.468. The zero-order chi connectivity index (χ0) is 15.8. The van der Waals surface area contributed by atoms with Crippen LogP contribution in [0.15, 0.2) is 18.2 Å². The molecule has 1 aromatic carbocycles. The fraction of sp³-hybridized carbons (Fsp3) is 0.533. The molecule has 0 radical (unpaired) electrons. The van der Waals surface area contributed by atoms with E-state index >= 15 is 0 Å². The molecule has 1 saturated heterocycles. The molecule has 0 aromatic heterocycles. The van der Waals surface area contributed by atoms with Gasteiger partial charge in [-0.05, 0) is 33.9 Å². The van der Waals surface area contributed by atoms with E-state index in [-0.39, 0.29) is 17.0 Å². The molecule has 0 atom stereocenters. The third-order valence-corrected chi connectivity index (χ3v) is 4.23. The minimum absolute atomic E-state index is 0.00587. The van der Waals surface area contributed by atoms with Gasteiger partial charge in [-0.15, -0.1) is 0 Å². The standard InChI is InChI=1S/C15H21N3O3/c1-11(19)13-9-12(18(20)21)5-6-14(13)17-8-7-16(4)15(2,3)10-17/h5-6,9H,7-8,10H2,1-4H3. The van der Waals surface area contributed by atoms with Crippen LogP contribution in [0.1, 0.15) is 31.1 Å². The number of Topliss-reactive ketones (excluding diaryl/α,β-unsaturated/α-hetero) is 1. The number of nitrogens with zero attached hydrogens (tertiary/aromatic N) is 3. The predicted octanol–water partition coefficient (Wildman–Crippen LogP) is 2.33. The summed E-state index contributed by atoms with van der Waals surface area (Å²) >= 11 is 0. The van der Waals surface area contributed by atoms with Crippen LogP contribution in [0.3, 0.4) is 0 Å². The maximum atomic E-state index is 11.8. The van der Waals surface area contributed by atoms with Crippen LogP contribution in [0.25, 0.3) is 0 Å². The fourth-order valence-corrected chi connectivity index (χ4v) is 2.64. The third-order valence-electron chi connectivity index (χ3n) is 4.23. The summed E-state index contributed by atoms with van der Waals surface area (Å²) in [6, 6.07) is 4.53. The lowest BCUT2D eigenvalue weighted by molar-refractivity contribution is -0.384. The van der Waals surface area contributed by atoms with E-state index in [0.717, 1.165) is 25.3 Å². The Morgan fingerprint density at radius 3 is 2.52 bits per heavy atom. The molecule has 1 heterocycles. The summed E-state index contributed by atoms with van der Waals surface area (Å²) in [7, 11) is 2.08. The Bertz CT molecular complexity index is 584. The fourth-order valence-electron chi connectivity index (χ4n) is 2.64. The van der Waals surface area contributed by atoms with Crippen LogP contribution in [0.5, 0.6) is 0 Å². The van der Waals surface area contributed by atoms with Gasteiger partial charge in [-0.1, -0.05) is 0 Å². The van der Waals surface area contributed by atoms with E-state index in [4.69, 9.17) is 0 Å². The van der Waals surface area contributed by atoms with Crippen molar-refractivity contribution in [2.75, 3.05) is 31.6 Å². The molecule has 1 aliphatic rings. The highest BCUT2D eigenvalue weighted by Gasteiger charge is 2.32. The van der Waals surface area contributed by atoms with Gasteiger partial charge < -0.3 is 4.90 Å². The molecule has 0 N–H and O–H groups in total. The lowest BCUT2D eigenvalue weighted by atomic mass is 9.97. The van der Waals surface area contributed by atoms with Gasteiger partial charge >= 0.3 is 0 Å². The van der Waals surface area contributed by atoms with Crippen molar-refractivity contribution in [1.82, 2.24) is 4.90 Å². The molecule has 2 rings (SSSR count). The first-order valence-corrected chi connectivity index (χ1v) is 6.98. The minimum Gasteiger partial charge on any atom is -0.368 e. The number of anilines is 1. The van der Waals surface area contributed by atoms with Gasteiger partial charge in [0, 0.05) is 48.6 Å². The summed E-state index contributed by atoms with van der Waals surface area (Å²) in [6.45, 7) is 8.22. The van der Waals surface area contributed by atoms with Gasteiger partial charge in [0.25, 0.3) is 5.69 Å². The smallest absolute Gasteiger partial charge is 0.270 e. The highest BCUT2D eigenvalue weighted by molar-refractivity contribution is 6.00. The lowest BCUT2D eigenvalue weighted by Crippen LogP contribution is -2.57. The van der Waals surface area contributed by atoms with Crippen LogP contribution in [-0.2, 0) is 0 Å². The number of ketones is 1. The van der Waals surface area contributed by atoms with Crippen molar-refractivity contribution in [3.05, 3.63) is 33.9 Å². The topological polar surface area (TPSA) is 66.7 Å². The summed E-state index contributed by atoms with van der Waals surface area (Å²) in [4.78, 5) is 26.7. The van der Waals surface area contributed by atoms with Crippen LogP contribution >= 0.6 is 0 Å². The van der Waals surface area contributed by atoms with E-state index < -0.39 is 4.92 Å². The maximum Gasteiger partial charge on any atom is 0.270 e. The van der Waals surface area contributed by atoms with E-state index in [1.54, 1.807) is 6.07 Å². The molecule has 0 spiro atoms. The summed E-state index contributed by atoms with van der Waals surface area (Å²) in [5.41, 5.74) is 1.16. The number of nitro benzene ring substituents is 1. The van der Waals surface area contributed by atoms with Crippen molar-refractivity contribution in [1.29, 1.82) is 0 Å². The van der Waals surface area contributed by atoms with Crippen LogP contribution in [0, 0.1) is 10.1 Å². The summed E-state index contributed by atoms with van der Waals surface area (Å²) in [6.07, 6.45) is 0. The quantitative estimate of drug-likeness (QED) is 0.486. The van der Waals surface area contributed by atoms with Gasteiger partial charge in [0.1, 0.15) is 0 Å². The molecule has 0 aliphatic carbocycles. The van der Waals surface area contributed by atoms with Crippen molar-refractivity contribution in [3.63, 3.8) is 0 Å². The first-order chi connectivity index (χ1) is 9.72. The Kier molecular flexibility index (Phi) is 4.00. The third kappa shape index (κ3) is 3.05. The number of hydrogen-bond donors (Lipinski definition) is 0. The molecule has 1 aliphatic heterocycles. The Morgan fingerprint density at radius 1 is 1.33 bits per heavy atom. The second-order valence-corrected chi connectivity index (χ2v) is 6.17. The summed E-state index contributed by atoms with van der Waals surface area (Å²) in [5, 5.41) is 10.9. The largest absolute Gasteiger partial charge is 0.368 e. The van der Waals surface area contributed by atoms with E-state index in [1.165, 1.54) is 19.1 Å². The first kappa shape index (κ1) is 15.4. The monoisotopic (exact) mass is 291 g/mol. The van der Waals surface area contributed by atoms with Gasteiger partial charge in [0.2, 0.25) is 0 Å². The van der Waals surface area contributed by atoms with E-state index in [2.05, 4.69) is 30.7 Å². The van der Waals surface area contributed by atoms with Crippen molar-refractivity contribution >= 4 is 17.2 Å². The molecule has 114 valence electrons. The molecule has 1 aromatic rings.